The highest BCUT2D eigenvalue weighted by Gasteiger charge is 2.25. The van der Waals surface area contributed by atoms with E-state index in [1.807, 2.05) is 0 Å². The molecule has 0 aliphatic heterocycles. The van der Waals surface area contributed by atoms with Crippen molar-refractivity contribution < 1.29 is 4.42 Å². The molecule has 0 amide bonds. The molecule has 3 nitrogen and oxygen atoms in total. The van der Waals surface area contributed by atoms with E-state index in [1.54, 1.807) is 0 Å². The van der Waals surface area contributed by atoms with Crippen molar-refractivity contribution >= 4 is 99.2 Å². The molecule has 0 fully saturated rings. The SMILES string of the molecule is CC(C)c1c(N(c2ccccc2)c2cccc3ccccc23)ccc2cc3c(cc12)oc1cc2c(C(C)C)c(N(c4ccccc4)c4cccc5ccccc45)ccc2cc13. The van der Waals surface area contributed by atoms with E-state index in [1.165, 1.54) is 65.6 Å². The molecule has 3 heteroatoms. The summed E-state index contributed by atoms with van der Waals surface area (Å²) in [7, 11) is 0. The first-order valence-electron chi connectivity index (χ1n) is 21.5. The Labute approximate surface area is 356 Å². The highest BCUT2D eigenvalue weighted by molar-refractivity contribution is 6.15. The lowest BCUT2D eigenvalue weighted by Gasteiger charge is -2.30. The number of nitrogens with zero attached hydrogens (tertiary/aromatic N) is 2. The van der Waals surface area contributed by atoms with Gasteiger partial charge in [0, 0.05) is 32.9 Å². The lowest BCUT2D eigenvalue weighted by Crippen LogP contribution is -2.13. The van der Waals surface area contributed by atoms with Gasteiger partial charge in [-0.2, -0.15) is 0 Å². The van der Waals surface area contributed by atoms with Crippen molar-refractivity contribution in [2.75, 3.05) is 9.80 Å². The molecule has 0 atom stereocenters. The van der Waals surface area contributed by atoms with Crippen LogP contribution in [0.5, 0.6) is 0 Å². The fourth-order valence-corrected chi connectivity index (χ4v) is 9.82. The number of para-hydroxylation sites is 2. The molecule has 10 aromatic carbocycles. The van der Waals surface area contributed by atoms with Crippen molar-refractivity contribution in [3.05, 3.63) is 205 Å². The average Bonchev–Trinajstić information content (AvgIpc) is 3.64. The fraction of sp³-hybridized carbons (Fsp3) is 0.103. The Kier molecular flexibility index (Phi) is 8.86. The van der Waals surface area contributed by atoms with Crippen LogP contribution in [0.25, 0.3) is 65.0 Å². The summed E-state index contributed by atoms with van der Waals surface area (Å²) >= 11 is 0. The van der Waals surface area contributed by atoms with Gasteiger partial charge in [0.15, 0.2) is 0 Å². The van der Waals surface area contributed by atoms with Crippen LogP contribution in [0, 0.1) is 0 Å². The highest BCUT2D eigenvalue weighted by atomic mass is 16.3. The van der Waals surface area contributed by atoms with Crippen molar-refractivity contribution in [2.24, 2.45) is 0 Å². The van der Waals surface area contributed by atoms with Gasteiger partial charge < -0.3 is 14.2 Å². The molecule has 1 aromatic heterocycles. The number of benzene rings is 10. The number of fused-ring (bicyclic) bond motifs is 7. The Morgan fingerprint density at radius 3 is 1.13 bits per heavy atom. The van der Waals surface area contributed by atoms with E-state index in [4.69, 9.17) is 4.42 Å². The maximum atomic E-state index is 6.97. The predicted molar refractivity (Wildman–Crippen MR) is 261 cm³/mol. The normalized spacial score (nSPS) is 11.9. The fourth-order valence-electron chi connectivity index (χ4n) is 9.82. The molecule has 0 aliphatic carbocycles. The number of rotatable bonds is 8. The van der Waals surface area contributed by atoms with Gasteiger partial charge in [-0.15, -0.1) is 0 Å². The zero-order valence-corrected chi connectivity index (χ0v) is 34.9. The summed E-state index contributed by atoms with van der Waals surface area (Å²) in [5.74, 6) is 0.483. The Hall–Kier alpha value is -7.36. The van der Waals surface area contributed by atoms with Gasteiger partial charge in [-0.1, -0.05) is 149 Å². The molecule has 0 radical (unpaired) electrons. The van der Waals surface area contributed by atoms with Crippen LogP contribution in [-0.4, -0.2) is 0 Å². The third-order valence-electron chi connectivity index (χ3n) is 12.5. The van der Waals surface area contributed by atoms with Gasteiger partial charge in [0.05, 0.1) is 22.7 Å². The third-order valence-corrected chi connectivity index (χ3v) is 12.5. The second kappa shape index (κ2) is 14.7. The molecule has 0 N–H and O–H groups in total. The van der Waals surface area contributed by atoms with Gasteiger partial charge in [-0.25, -0.2) is 0 Å². The highest BCUT2D eigenvalue weighted by Crippen LogP contribution is 2.48. The van der Waals surface area contributed by atoms with E-state index >= 15 is 0 Å². The van der Waals surface area contributed by atoms with Gasteiger partial charge in [0.2, 0.25) is 0 Å². The summed E-state index contributed by atoms with van der Waals surface area (Å²) in [4.78, 5) is 4.88. The summed E-state index contributed by atoms with van der Waals surface area (Å²) < 4.78 is 6.97. The molecule has 0 spiro atoms. The van der Waals surface area contributed by atoms with Crippen LogP contribution < -0.4 is 9.80 Å². The van der Waals surface area contributed by atoms with E-state index in [2.05, 4.69) is 232 Å². The molecule has 11 aromatic rings. The number of hydrogen-bond acceptors (Lipinski definition) is 3. The number of hydrogen-bond donors (Lipinski definition) is 0. The zero-order valence-electron chi connectivity index (χ0n) is 34.9. The minimum atomic E-state index is 0.241. The molecular formula is C58H46N2O. The van der Waals surface area contributed by atoms with E-state index in [9.17, 15) is 0 Å². The molecule has 0 saturated carbocycles. The van der Waals surface area contributed by atoms with Crippen LogP contribution in [0.1, 0.15) is 50.7 Å². The summed E-state index contributed by atoms with van der Waals surface area (Å²) in [6, 6.07) is 70.6. The predicted octanol–water partition coefficient (Wildman–Crippen LogP) is 17.4. The maximum Gasteiger partial charge on any atom is 0.136 e. The van der Waals surface area contributed by atoms with E-state index in [-0.39, 0.29) is 11.8 Å². The first-order valence-corrected chi connectivity index (χ1v) is 21.5. The second-order valence-electron chi connectivity index (χ2n) is 16.9. The quantitative estimate of drug-likeness (QED) is 0.153. The first-order chi connectivity index (χ1) is 29.9. The standard InChI is InChI=1S/C58H46N2O/c1-37(2)57-47-35-55-49(33-41(47)29-31-53(57)59(43-21-7-5-8-22-43)51-27-15-19-39-17-11-13-25-45(39)51)50-34-42-30-32-54(58(38(3)4)48(42)36-56(50)61-55)60(44-23-9-6-10-24-44)52-28-16-20-40-18-12-14-26-46(40)52/h5-38H,1-4H3. The van der Waals surface area contributed by atoms with Gasteiger partial charge in [-0.05, 0) is 128 Å². The third kappa shape index (κ3) is 6.11. The van der Waals surface area contributed by atoms with Gasteiger partial charge >= 0.3 is 0 Å². The molecular weight excluding hydrogens is 741 g/mol. The summed E-state index contributed by atoms with van der Waals surface area (Å²) in [6.45, 7) is 9.23. The molecule has 0 bridgehead atoms. The van der Waals surface area contributed by atoms with Crippen LogP contribution in [-0.2, 0) is 0 Å². The first kappa shape index (κ1) is 36.7. The van der Waals surface area contributed by atoms with Crippen molar-refractivity contribution in [1.82, 2.24) is 0 Å². The number of anilines is 6. The molecule has 294 valence electrons. The van der Waals surface area contributed by atoms with Crippen molar-refractivity contribution in [3.63, 3.8) is 0 Å². The van der Waals surface area contributed by atoms with Crippen LogP contribution in [0.4, 0.5) is 34.1 Å². The Bertz CT molecular complexity index is 3200. The van der Waals surface area contributed by atoms with E-state index in [0.717, 1.165) is 44.7 Å². The monoisotopic (exact) mass is 786 g/mol. The Morgan fingerprint density at radius 1 is 0.311 bits per heavy atom. The van der Waals surface area contributed by atoms with Gasteiger partial charge in [0.1, 0.15) is 11.2 Å². The summed E-state index contributed by atoms with van der Waals surface area (Å²) in [5, 5.41) is 12.0. The van der Waals surface area contributed by atoms with Crippen molar-refractivity contribution in [3.8, 4) is 0 Å². The van der Waals surface area contributed by atoms with Crippen LogP contribution in [0.2, 0.25) is 0 Å². The smallest absolute Gasteiger partial charge is 0.136 e. The van der Waals surface area contributed by atoms with E-state index < -0.39 is 0 Å². The zero-order chi connectivity index (χ0) is 41.2. The maximum absolute atomic E-state index is 6.97. The van der Waals surface area contributed by atoms with Crippen molar-refractivity contribution in [2.45, 2.75) is 39.5 Å². The number of furan rings is 1. The van der Waals surface area contributed by atoms with Crippen LogP contribution >= 0.6 is 0 Å². The molecule has 11 rings (SSSR count). The lowest BCUT2D eigenvalue weighted by atomic mass is 9.90. The lowest BCUT2D eigenvalue weighted by molar-refractivity contribution is 0.670. The Balaban J connectivity index is 1.12. The Morgan fingerprint density at radius 2 is 0.705 bits per heavy atom. The summed E-state index contributed by atoms with van der Waals surface area (Å²) in [6.07, 6.45) is 0. The molecule has 0 unspecified atom stereocenters. The molecule has 1 heterocycles. The summed E-state index contributed by atoms with van der Waals surface area (Å²) in [5.41, 5.74) is 11.3. The largest absolute Gasteiger partial charge is 0.456 e. The second-order valence-corrected chi connectivity index (χ2v) is 16.9. The average molecular weight is 787 g/mol. The molecule has 0 saturated heterocycles. The van der Waals surface area contributed by atoms with Gasteiger partial charge in [-0.3, -0.25) is 0 Å². The van der Waals surface area contributed by atoms with Gasteiger partial charge in [0.25, 0.3) is 0 Å². The molecule has 0 aliphatic rings. The van der Waals surface area contributed by atoms with E-state index in [0.29, 0.717) is 0 Å². The van der Waals surface area contributed by atoms with Crippen molar-refractivity contribution in [1.29, 1.82) is 0 Å². The minimum Gasteiger partial charge on any atom is -0.456 e. The van der Waals surface area contributed by atoms with Crippen LogP contribution in [0.15, 0.2) is 199 Å². The van der Waals surface area contributed by atoms with Crippen LogP contribution in [0.3, 0.4) is 0 Å². The molecule has 61 heavy (non-hydrogen) atoms. The minimum absolute atomic E-state index is 0.241. The topological polar surface area (TPSA) is 19.6 Å².